The minimum Gasteiger partial charge on any atom is -0.370 e. The summed E-state index contributed by atoms with van der Waals surface area (Å²) in [6.45, 7) is 5.59. The van der Waals surface area contributed by atoms with Gasteiger partial charge in [0.05, 0.1) is 12.3 Å². The van der Waals surface area contributed by atoms with Crippen LogP contribution in [0.4, 0.5) is 5.13 Å². The number of nitrogens with zero attached hydrogens (tertiary/aromatic N) is 2. The van der Waals surface area contributed by atoms with Crippen molar-refractivity contribution in [1.82, 2.24) is 10.3 Å². The van der Waals surface area contributed by atoms with Crippen molar-refractivity contribution >= 4 is 28.3 Å². The third-order valence-electron chi connectivity index (χ3n) is 2.44. The number of anilines is 1. The molecule has 0 bridgehead atoms. The van der Waals surface area contributed by atoms with Crippen molar-refractivity contribution in [3.63, 3.8) is 0 Å². The fourth-order valence-corrected chi connectivity index (χ4v) is 2.46. The van der Waals surface area contributed by atoms with Crippen LogP contribution in [-0.2, 0) is 20.9 Å². The smallest absolute Gasteiger partial charge is 0.243 e. The maximum absolute atomic E-state index is 11.4. The number of carbonyl (C=O) groups excluding carboxylic acids is 2. The van der Waals surface area contributed by atoms with Gasteiger partial charge in [-0.25, -0.2) is 4.98 Å². The molecule has 8 heteroatoms. The number of amides is 2. The summed E-state index contributed by atoms with van der Waals surface area (Å²) in [5.74, 6) is -0.487. The molecule has 0 radical (unpaired) electrons. The fraction of sp³-hybridized carbons (Fsp3) is 0.583. The van der Waals surface area contributed by atoms with Gasteiger partial charge in [-0.2, -0.15) is 0 Å². The monoisotopic (exact) mass is 300 g/mol. The zero-order valence-electron chi connectivity index (χ0n) is 11.7. The summed E-state index contributed by atoms with van der Waals surface area (Å²) in [4.78, 5) is 27.9. The topological polar surface area (TPSA) is 97.6 Å². The Hall–Kier alpha value is -1.51. The third kappa shape index (κ3) is 5.64. The molecule has 0 aliphatic heterocycles. The molecule has 0 aliphatic rings. The summed E-state index contributed by atoms with van der Waals surface area (Å²) in [5.41, 5.74) is 5.82. The Morgan fingerprint density at radius 1 is 1.55 bits per heavy atom. The van der Waals surface area contributed by atoms with E-state index in [0.29, 0.717) is 31.4 Å². The Kier molecular flexibility index (Phi) is 7.13. The largest absolute Gasteiger partial charge is 0.370 e. The van der Waals surface area contributed by atoms with Crippen LogP contribution in [0.3, 0.4) is 0 Å². The standard InChI is InChI=1S/C12H20N4O3S/c1-3-16(9(2)17)12-15-10(8-20-12)6-14-4-5-19-7-11(13)18/h8,14H,3-7H2,1-2H3,(H2,13,18). The van der Waals surface area contributed by atoms with Crippen LogP contribution in [0.25, 0.3) is 0 Å². The number of ether oxygens (including phenoxy) is 1. The Morgan fingerprint density at radius 3 is 2.90 bits per heavy atom. The molecule has 1 rings (SSSR count). The van der Waals surface area contributed by atoms with Crippen molar-refractivity contribution in [2.24, 2.45) is 5.73 Å². The van der Waals surface area contributed by atoms with Gasteiger partial charge >= 0.3 is 0 Å². The van der Waals surface area contributed by atoms with E-state index in [1.165, 1.54) is 18.3 Å². The number of aromatic nitrogens is 1. The maximum Gasteiger partial charge on any atom is 0.243 e. The number of rotatable bonds is 9. The minimum absolute atomic E-state index is 0.0128. The summed E-state index contributed by atoms with van der Waals surface area (Å²) in [6, 6.07) is 0. The first-order valence-electron chi connectivity index (χ1n) is 6.33. The highest BCUT2D eigenvalue weighted by Gasteiger charge is 2.12. The molecule has 0 saturated carbocycles. The van der Waals surface area contributed by atoms with Crippen LogP contribution in [0.2, 0.25) is 0 Å². The van der Waals surface area contributed by atoms with E-state index in [9.17, 15) is 9.59 Å². The number of thiazole rings is 1. The Morgan fingerprint density at radius 2 is 2.30 bits per heavy atom. The van der Waals surface area contributed by atoms with Gasteiger partial charge in [0.1, 0.15) is 6.61 Å². The van der Waals surface area contributed by atoms with Crippen molar-refractivity contribution in [1.29, 1.82) is 0 Å². The van der Waals surface area contributed by atoms with E-state index < -0.39 is 5.91 Å². The van der Waals surface area contributed by atoms with Crippen molar-refractivity contribution in [3.05, 3.63) is 11.1 Å². The molecule has 0 atom stereocenters. The van der Waals surface area contributed by atoms with Crippen molar-refractivity contribution in [2.75, 3.05) is 31.2 Å². The molecule has 20 heavy (non-hydrogen) atoms. The predicted octanol–water partition coefficient (Wildman–Crippen LogP) is 0.107. The molecule has 0 aromatic carbocycles. The van der Waals surface area contributed by atoms with Gasteiger partial charge in [-0.05, 0) is 6.92 Å². The number of carbonyl (C=O) groups is 2. The normalized spacial score (nSPS) is 10.5. The van der Waals surface area contributed by atoms with E-state index >= 15 is 0 Å². The molecule has 0 saturated heterocycles. The van der Waals surface area contributed by atoms with Crippen LogP contribution in [0.15, 0.2) is 5.38 Å². The molecule has 7 nitrogen and oxygen atoms in total. The van der Waals surface area contributed by atoms with Crippen molar-refractivity contribution in [2.45, 2.75) is 20.4 Å². The first kappa shape index (κ1) is 16.5. The number of primary amides is 1. The molecule has 0 spiro atoms. The van der Waals surface area contributed by atoms with Gasteiger partial charge in [0.2, 0.25) is 11.8 Å². The van der Waals surface area contributed by atoms with Crippen LogP contribution >= 0.6 is 11.3 Å². The van der Waals surface area contributed by atoms with Gasteiger partial charge in [-0.15, -0.1) is 11.3 Å². The maximum atomic E-state index is 11.4. The average molecular weight is 300 g/mol. The van der Waals surface area contributed by atoms with E-state index in [1.807, 2.05) is 12.3 Å². The van der Waals surface area contributed by atoms with E-state index in [4.69, 9.17) is 10.5 Å². The molecule has 112 valence electrons. The summed E-state index contributed by atoms with van der Waals surface area (Å²) in [5, 5.41) is 5.76. The zero-order chi connectivity index (χ0) is 15.0. The first-order valence-corrected chi connectivity index (χ1v) is 7.21. The molecule has 3 N–H and O–H groups in total. The van der Waals surface area contributed by atoms with Crippen LogP contribution in [0.1, 0.15) is 19.5 Å². The molecule has 0 unspecified atom stereocenters. The molecule has 1 aromatic heterocycles. The molecule has 1 aromatic rings. The van der Waals surface area contributed by atoms with Crippen LogP contribution < -0.4 is 16.0 Å². The lowest BCUT2D eigenvalue weighted by Gasteiger charge is -2.14. The quantitative estimate of drug-likeness (QED) is 0.631. The lowest BCUT2D eigenvalue weighted by atomic mass is 10.5. The summed E-state index contributed by atoms with van der Waals surface area (Å²) < 4.78 is 5.02. The Balaban J connectivity index is 2.30. The Labute approximate surface area is 122 Å². The predicted molar refractivity (Wildman–Crippen MR) is 77.5 cm³/mol. The second kappa shape index (κ2) is 8.62. The summed E-state index contributed by atoms with van der Waals surface area (Å²) in [7, 11) is 0. The number of hydrogen-bond donors (Lipinski definition) is 2. The molecular formula is C12H20N4O3S. The van der Waals surface area contributed by atoms with Crippen LogP contribution in [0, 0.1) is 0 Å². The van der Waals surface area contributed by atoms with E-state index in [2.05, 4.69) is 10.3 Å². The van der Waals surface area contributed by atoms with Gasteiger partial charge in [0.25, 0.3) is 0 Å². The fourth-order valence-electron chi connectivity index (χ4n) is 1.53. The SMILES string of the molecule is CCN(C(C)=O)c1nc(CNCCOCC(N)=O)cs1. The zero-order valence-corrected chi connectivity index (χ0v) is 12.5. The highest BCUT2D eigenvalue weighted by atomic mass is 32.1. The number of nitrogens with two attached hydrogens (primary N) is 1. The highest BCUT2D eigenvalue weighted by molar-refractivity contribution is 7.14. The van der Waals surface area contributed by atoms with Crippen molar-refractivity contribution in [3.8, 4) is 0 Å². The van der Waals surface area contributed by atoms with Crippen LogP contribution in [0.5, 0.6) is 0 Å². The van der Waals surface area contributed by atoms with Gasteiger partial charge in [-0.1, -0.05) is 0 Å². The van der Waals surface area contributed by atoms with Gasteiger partial charge in [0.15, 0.2) is 5.13 Å². The lowest BCUT2D eigenvalue weighted by Crippen LogP contribution is -2.28. The molecule has 2 amide bonds. The van der Waals surface area contributed by atoms with E-state index in [0.717, 1.165) is 5.69 Å². The molecular weight excluding hydrogens is 280 g/mol. The number of hydrogen-bond acceptors (Lipinski definition) is 6. The van der Waals surface area contributed by atoms with Gasteiger partial charge in [-0.3, -0.25) is 14.5 Å². The van der Waals surface area contributed by atoms with E-state index in [-0.39, 0.29) is 12.5 Å². The van der Waals surface area contributed by atoms with Gasteiger partial charge in [0, 0.05) is 31.9 Å². The highest BCUT2D eigenvalue weighted by Crippen LogP contribution is 2.20. The third-order valence-corrected chi connectivity index (χ3v) is 3.35. The van der Waals surface area contributed by atoms with Crippen molar-refractivity contribution < 1.29 is 14.3 Å². The number of nitrogens with one attached hydrogen (secondary N) is 1. The second-order valence-electron chi connectivity index (χ2n) is 4.08. The first-order chi connectivity index (χ1) is 9.54. The second-order valence-corrected chi connectivity index (χ2v) is 4.92. The molecule has 1 heterocycles. The minimum atomic E-state index is -0.474. The molecule has 0 fully saturated rings. The lowest BCUT2D eigenvalue weighted by molar-refractivity contribution is -0.122. The van der Waals surface area contributed by atoms with Gasteiger partial charge < -0.3 is 15.8 Å². The summed E-state index contributed by atoms with van der Waals surface area (Å²) in [6.07, 6.45) is 0. The summed E-state index contributed by atoms with van der Waals surface area (Å²) >= 11 is 1.44. The van der Waals surface area contributed by atoms with Crippen LogP contribution in [-0.4, -0.2) is 43.1 Å². The van der Waals surface area contributed by atoms with E-state index in [1.54, 1.807) is 4.90 Å². The average Bonchev–Trinajstić information content (AvgIpc) is 2.82. The Bertz CT molecular complexity index is 450. The molecule has 0 aliphatic carbocycles.